The second-order valence-corrected chi connectivity index (χ2v) is 10.5. The summed E-state index contributed by atoms with van der Waals surface area (Å²) < 4.78 is 5.57. The van der Waals surface area contributed by atoms with E-state index in [0.29, 0.717) is 19.8 Å². The number of thiocarbonyl (C=S) groups is 1. The first-order valence-corrected chi connectivity index (χ1v) is 13.1. The van der Waals surface area contributed by atoms with Gasteiger partial charge >= 0.3 is 5.97 Å². The number of thiophene rings is 1. The maximum Gasteiger partial charge on any atom is 0.341 e. The molecule has 9 heteroatoms. The van der Waals surface area contributed by atoms with E-state index >= 15 is 0 Å². The van der Waals surface area contributed by atoms with Crippen LogP contribution in [0.2, 0.25) is 0 Å². The zero-order chi connectivity index (χ0) is 24.1. The standard InChI is InChI=1S/C25H24N2O4S3/c1-2-31-24(30)21-17-12-6-7-13-18(17)33-22(21)26-20(28)15-27-23(29)19(34-25(27)32)14-8-11-16-9-4-3-5-10-16/h3-5,8-11,14H,2,6-7,12-13,15H2,1H3,(H,26,28). The molecule has 4 rings (SSSR count). The number of aryl methyl sites for hydroxylation is 1. The summed E-state index contributed by atoms with van der Waals surface area (Å²) in [6.45, 7) is 1.81. The number of esters is 1. The number of carbonyl (C=O) groups is 3. The summed E-state index contributed by atoms with van der Waals surface area (Å²) in [5, 5.41) is 3.33. The average molecular weight is 513 g/mol. The van der Waals surface area contributed by atoms with Crippen LogP contribution in [0.4, 0.5) is 5.00 Å². The summed E-state index contributed by atoms with van der Waals surface area (Å²) in [5.74, 6) is -1.13. The Kier molecular flexibility index (Phi) is 7.97. The highest BCUT2D eigenvalue weighted by Crippen LogP contribution is 2.39. The molecule has 1 aliphatic carbocycles. The first-order valence-electron chi connectivity index (χ1n) is 11.1. The van der Waals surface area contributed by atoms with E-state index in [1.807, 2.05) is 36.4 Å². The molecule has 0 bridgehead atoms. The highest BCUT2D eigenvalue weighted by molar-refractivity contribution is 8.26. The molecule has 1 N–H and O–H groups in total. The molecule has 1 fully saturated rings. The van der Waals surface area contributed by atoms with Crippen LogP contribution >= 0.6 is 35.3 Å². The first-order chi connectivity index (χ1) is 16.5. The van der Waals surface area contributed by atoms with Crippen LogP contribution in [0, 0.1) is 0 Å². The molecule has 2 amide bonds. The minimum absolute atomic E-state index is 0.213. The number of allylic oxidation sites excluding steroid dienone is 2. The van der Waals surface area contributed by atoms with Gasteiger partial charge in [0.1, 0.15) is 15.9 Å². The van der Waals surface area contributed by atoms with E-state index in [0.717, 1.165) is 41.7 Å². The summed E-state index contributed by atoms with van der Waals surface area (Å²) >= 11 is 7.93. The Morgan fingerprint density at radius 2 is 1.97 bits per heavy atom. The fourth-order valence-corrected chi connectivity index (χ4v) is 6.34. The van der Waals surface area contributed by atoms with Gasteiger partial charge in [0.2, 0.25) is 5.91 Å². The number of nitrogens with one attached hydrogen (secondary N) is 1. The van der Waals surface area contributed by atoms with Gasteiger partial charge in [-0.3, -0.25) is 14.5 Å². The zero-order valence-electron chi connectivity index (χ0n) is 18.7. The molecule has 2 heterocycles. The van der Waals surface area contributed by atoms with E-state index < -0.39 is 11.9 Å². The molecule has 2 aromatic rings. The summed E-state index contributed by atoms with van der Waals surface area (Å²) in [5.41, 5.74) is 2.44. The molecule has 1 saturated heterocycles. The number of hydrogen-bond donors (Lipinski definition) is 1. The van der Waals surface area contributed by atoms with Crippen molar-refractivity contribution in [1.29, 1.82) is 0 Å². The number of thioether (sulfide) groups is 1. The van der Waals surface area contributed by atoms with Crippen LogP contribution in [0.25, 0.3) is 6.08 Å². The van der Waals surface area contributed by atoms with E-state index in [2.05, 4.69) is 5.32 Å². The number of ether oxygens (including phenoxy) is 1. The van der Waals surface area contributed by atoms with Crippen molar-refractivity contribution < 1.29 is 19.1 Å². The van der Waals surface area contributed by atoms with Gasteiger partial charge in [0, 0.05) is 4.88 Å². The number of rotatable bonds is 7. The summed E-state index contributed by atoms with van der Waals surface area (Å²) in [6.07, 6.45) is 9.15. The van der Waals surface area contributed by atoms with Gasteiger partial charge in [-0.2, -0.15) is 0 Å². The Hall–Kier alpha value is -2.75. The van der Waals surface area contributed by atoms with E-state index in [4.69, 9.17) is 17.0 Å². The lowest BCUT2D eigenvalue weighted by Gasteiger charge is -2.14. The summed E-state index contributed by atoms with van der Waals surface area (Å²) in [7, 11) is 0. The Morgan fingerprint density at radius 1 is 1.21 bits per heavy atom. The Bertz CT molecular complexity index is 1180. The van der Waals surface area contributed by atoms with E-state index in [-0.39, 0.29) is 19.1 Å². The molecule has 1 aromatic heterocycles. The third-order valence-electron chi connectivity index (χ3n) is 5.41. The number of nitrogens with zero attached hydrogens (tertiary/aromatic N) is 1. The van der Waals surface area contributed by atoms with Crippen LogP contribution in [-0.2, 0) is 27.2 Å². The normalized spacial score (nSPS) is 16.9. The summed E-state index contributed by atoms with van der Waals surface area (Å²) in [6, 6.07) is 9.75. The van der Waals surface area contributed by atoms with Crippen LogP contribution in [0.15, 0.2) is 47.4 Å². The van der Waals surface area contributed by atoms with Gasteiger partial charge < -0.3 is 10.1 Å². The van der Waals surface area contributed by atoms with Crippen molar-refractivity contribution in [3.05, 3.63) is 69.0 Å². The van der Waals surface area contributed by atoms with Crippen molar-refractivity contribution >= 4 is 68.5 Å². The number of amides is 2. The van der Waals surface area contributed by atoms with Crippen molar-refractivity contribution in [3.63, 3.8) is 0 Å². The van der Waals surface area contributed by atoms with Gasteiger partial charge in [0.15, 0.2) is 0 Å². The number of carbonyl (C=O) groups excluding carboxylic acids is 3. The van der Waals surface area contributed by atoms with Gasteiger partial charge in [0.05, 0.1) is 17.1 Å². The zero-order valence-corrected chi connectivity index (χ0v) is 21.1. The fourth-order valence-electron chi connectivity index (χ4n) is 3.84. The molecule has 34 heavy (non-hydrogen) atoms. The largest absolute Gasteiger partial charge is 0.462 e. The molecule has 0 atom stereocenters. The third kappa shape index (κ3) is 5.48. The van der Waals surface area contributed by atoms with Crippen molar-refractivity contribution in [2.75, 3.05) is 18.5 Å². The van der Waals surface area contributed by atoms with Gasteiger partial charge in [-0.05, 0) is 49.8 Å². The number of hydrogen-bond acceptors (Lipinski definition) is 7. The number of fused-ring (bicyclic) bond motifs is 1. The van der Waals surface area contributed by atoms with Crippen molar-refractivity contribution in [2.24, 2.45) is 0 Å². The molecular formula is C25H24N2O4S3. The second-order valence-electron chi connectivity index (χ2n) is 7.74. The van der Waals surface area contributed by atoms with Crippen LogP contribution in [0.5, 0.6) is 0 Å². The maximum absolute atomic E-state index is 12.9. The Labute approximate surface area is 212 Å². The minimum atomic E-state index is -0.420. The molecule has 2 aliphatic rings. The average Bonchev–Trinajstić information content (AvgIpc) is 3.31. The smallest absolute Gasteiger partial charge is 0.341 e. The van der Waals surface area contributed by atoms with Gasteiger partial charge in [-0.15, -0.1) is 11.3 Å². The lowest BCUT2D eigenvalue weighted by molar-refractivity contribution is -0.126. The number of benzene rings is 1. The van der Waals surface area contributed by atoms with E-state index in [1.165, 1.54) is 28.0 Å². The van der Waals surface area contributed by atoms with Crippen LogP contribution in [0.1, 0.15) is 46.1 Å². The lowest BCUT2D eigenvalue weighted by atomic mass is 9.95. The molecule has 176 valence electrons. The monoisotopic (exact) mass is 512 g/mol. The molecule has 6 nitrogen and oxygen atoms in total. The Balaban J connectivity index is 1.45. The van der Waals surface area contributed by atoms with E-state index in [9.17, 15) is 14.4 Å². The van der Waals surface area contributed by atoms with E-state index in [1.54, 1.807) is 19.1 Å². The highest BCUT2D eigenvalue weighted by Gasteiger charge is 2.34. The molecule has 0 radical (unpaired) electrons. The molecule has 0 unspecified atom stereocenters. The van der Waals surface area contributed by atoms with Crippen LogP contribution < -0.4 is 5.32 Å². The van der Waals surface area contributed by atoms with Crippen molar-refractivity contribution in [3.8, 4) is 0 Å². The van der Waals surface area contributed by atoms with Gasteiger partial charge in [-0.25, -0.2) is 4.79 Å². The Morgan fingerprint density at radius 3 is 2.74 bits per heavy atom. The molecule has 1 aromatic carbocycles. The predicted molar refractivity (Wildman–Crippen MR) is 141 cm³/mol. The molecule has 1 aliphatic heterocycles. The first kappa shape index (κ1) is 24.4. The molecule has 0 saturated carbocycles. The maximum atomic E-state index is 12.9. The lowest BCUT2D eigenvalue weighted by Crippen LogP contribution is -2.36. The van der Waals surface area contributed by atoms with Crippen molar-refractivity contribution in [2.45, 2.75) is 32.6 Å². The van der Waals surface area contributed by atoms with Gasteiger partial charge in [-0.1, -0.05) is 66.5 Å². The topological polar surface area (TPSA) is 75.7 Å². The quantitative estimate of drug-likeness (QED) is 0.312. The second kappa shape index (κ2) is 11.1. The van der Waals surface area contributed by atoms with Crippen LogP contribution in [-0.4, -0.2) is 40.2 Å². The highest BCUT2D eigenvalue weighted by atomic mass is 32.2. The molecular weight excluding hydrogens is 488 g/mol. The number of anilines is 1. The predicted octanol–water partition coefficient (Wildman–Crippen LogP) is 5.20. The van der Waals surface area contributed by atoms with Crippen LogP contribution in [0.3, 0.4) is 0 Å². The minimum Gasteiger partial charge on any atom is -0.462 e. The fraction of sp³-hybridized carbons (Fsp3) is 0.280. The SMILES string of the molecule is CCOC(=O)c1c(NC(=O)CN2C(=O)C(=CC=Cc3ccccc3)SC2=S)sc2c1CCCC2. The van der Waals surface area contributed by atoms with Gasteiger partial charge in [0.25, 0.3) is 5.91 Å². The summed E-state index contributed by atoms with van der Waals surface area (Å²) in [4.78, 5) is 41.2. The third-order valence-corrected chi connectivity index (χ3v) is 8.02. The van der Waals surface area contributed by atoms with Crippen molar-refractivity contribution in [1.82, 2.24) is 4.90 Å². The molecule has 0 spiro atoms.